The Hall–Kier alpha value is -2.96. The number of carbonyl (C=O) groups is 3. The zero-order valence-electron chi connectivity index (χ0n) is 23.3. The molecule has 5 rings (SSSR count). The van der Waals surface area contributed by atoms with Gasteiger partial charge in [0.15, 0.2) is 0 Å². The van der Waals surface area contributed by atoms with Crippen LogP contribution in [0.3, 0.4) is 0 Å². The summed E-state index contributed by atoms with van der Waals surface area (Å²) in [5.41, 5.74) is 2.24. The number of rotatable bonds is 9. The van der Waals surface area contributed by atoms with Crippen molar-refractivity contribution in [2.45, 2.75) is 56.1 Å². The molecule has 3 N–H and O–H groups in total. The van der Waals surface area contributed by atoms with Crippen LogP contribution >= 0.6 is 34.5 Å². The first-order chi connectivity index (χ1) is 20.4. The largest absolute Gasteiger partial charge is 0.477 e. The lowest BCUT2D eigenvalue weighted by Gasteiger charge is -2.49. The molecule has 0 radical (unpaired) electrons. The predicted octanol–water partition coefficient (Wildman–Crippen LogP) is 5.25. The Morgan fingerprint density at radius 3 is 2.51 bits per heavy atom. The molecule has 2 heterocycles. The molecular formula is C30H31Cl2N3O6S2. The van der Waals surface area contributed by atoms with E-state index in [1.165, 1.54) is 0 Å². The standard InChI is InChI=1S/C30H31Cl2N3O6S2/c1-43(40,41)34-23-8-4-5-9-24(23)35-27(21-11-10-18(31)15-22(21)32)26(19-6-2-3-7-20(19)29(35)37)28(36)33-13-12-17-14-25(30(38)39)42-16-17/h2-3,6-7,10-11,14-16,23-24,26-27,34H,4-5,8-9,12-13H2,1H3,(H,33,36)(H,38,39)/t23-,24-,26+,27-/m0/s1. The minimum absolute atomic E-state index is 0.221. The fraction of sp³-hybridized carbons (Fsp3) is 0.367. The number of carbonyl (C=O) groups excluding carboxylic acids is 2. The summed E-state index contributed by atoms with van der Waals surface area (Å²) in [6.45, 7) is 0.240. The van der Waals surface area contributed by atoms with Crippen LogP contribution in [0.25, 0.3) is 0 Å². The van der Waals surface area contributed by atoms with E-state index in [4.69, 9.17) is 23.2 Å². The highest BCUT2D eigenvalue weighted by atomic mass is 35.5. The van der Waals surface area contributed by atoms with Gasteiger partial charge in [0.05, 0.1) is 18.2 Å². The van der Waals surface area contributed by atoms with Crippen LogP contribution in [0.4, 0.5) is 0 Å². The lowest BCUT2D eigenvalue weighted by atomic mass is 9.76. The Morgan fingerprint density at radius 2 is 1.81 bits per heavy atom. The molecule has 0 unspecified atom stereocenters. The topological polar surface area (TPSA) is 133 Å². The predicted molar refractivity (Wildman–Crippen MR) is 167 cm³/mol. The van der Waals surface area contributed by atoms with E-state index in [1.54, 1.807) is 58.8 Å². The quantitative estimate of drug-likeness (QED) is 0.286. The number of nitrogens with zero attached hydrogens (tertiary/aromatic N) is 1. The van der Waals surface area contributed by atoms with Crippen molar-refractivity contribution >= 4 is 62.3 Å². The smallest absolute Gasteiger partial charge is 0.345 e. The van der Waals surface area contributed by atoms with Crippen molar-refractivity contribution in [3.8, 4) is 0 Å². The number of hydrogen-bond acceptors (Lipinski definition) is 6. The fourth-order valence-corrected chi connectivity index (χ4v) is 8.32. The van der Waals surface area contributed by atoms with Gasteiger partial charge in [-0.3, -0.25) is 9.59 Å². The highest BCUT2D eigenvalue weighted by Crippen LogP contribution is 2.47. The first-order valence-corrected chi connectivity index (χ1v) is 17.4. The van der Waals surface area contributed by atoms with Gasteiger partial charge in [-0.25, -0.2) is 17.9 Å². The van der Waals surface area contributed by atoms with E-state index < -0.39 is 40.0 Å². The van der Waals surface area contributed by atoms with Crippen LogP contribution in [0.5, 0.6) is 0 Å². The first-order valence-electron chi connectivity index (χ1n) is 13.9. The zero-order valence-corrected chi connectivity index (χ0v) is 26.4. The third kappa shape index (κ3) is 6.91. The third-order valence-corrected chi connectivity index (χ3v) is 10.2. The molecule has 1 fully saturated rings. The molecule has 228 valence electrons. The van der Waals surface area contributed by atoms with Gasteiger partial charge < -0.3 is 15.3 Å². The van der Waals surface area contributed by atoms with E-state index >= 15 is 0 Å². The van der Waals surface area contributed by atoms with Crippen molar-refractivity contribution in [3.05, 3.63) is 91.1 Å². The van der Waals surface area contributed by atoms with Gasteiger partial charge in [-0.15, -0.1) is 11.3 Å². The maximum Gasteiger partial charge on any atom is 0.345 e. The average molecular weight is 665 g/mol. The lowest BCUT2D eigenvalue weighted by molar-refractivity contribution is -0.124. The molecule has 0 spiro atoms. The molecule has 0 saturated heterocycles. The summed E-state index contributed by atoms with van der Waals surface area (Å²) < 4.78 is 27.4. The molecule has 3 aromatic rings. The number of nitrogens with one attached hydrogen (secondary N) is 2. The van der Waals surface area contributed by atoms with Crippen LogP contribution in [0.2, 0.25) is 10.0 Å². The minimum atomic E-state index is -3.59. The van der Waals surface area contributed by atoms with Gasteiger partial charge in [0.25, 0.3) is 5.91 Å². The van der Waals surface area contributed by atoms with E-state index in [9.17, 15) is 27.9 Å². The normalized spacial score (nSPS) is 22.2. The monoisotopic (exact) mass is 663 g/mol. The molecule has 0 bridgehead atoms. The Balaban J connectivity index is 1.57. The van der Waals surface area contributed by atoms with Crippen molar-refractivity contribution < 1.29 is 27.9 Å². The van der Waals surface area contributed by atoms with Gasteiger partial charge in [0, 0.05) is 34.2 Å². The fourth-order valence-electron chi connectivity index (χ4n) is 6.19. The van der Waals surface area contributed by atoms with Crippen molar-refractivity contribution in [2.75, 3.05) is 12.8 Å². The molecule has 2 aliphatic rings. The summed E-state index contributed by atoms with van der Waals surface area (Å²) in [5.74, 6) is -2.51. The summed E-state index contributed by atoms with van der Waals surface area (Å²) in [4.78, 5) is 41.6. The van der Waals surface area contributed by atoms with Crippen molar-refractivity contribution in [2.24, 2.45) is 0 Å². The van der Waals surface area contributed by atoms with Gasteiger partial charge in [-0.1, -0.05) is 60.3 Å². The van der Waals surface area contributed by atoms with Gasteiger partial charge >= 0.3 is 5.97 Å². The molecule has 9 nitrogen and oxygen atoms in total. The number of hydrogen-bond donors (Lipinski definition) is 3. The van der Waals surface area contributed by atoms with Gasteiger partial charge in [0.2, 0.25) is 15.9 Å². The SMILES string of the molecule is CS(=O)(=O)N[C@H]1CCCC[C@@H]1N1C(=O)c2ccccc2[C@@H](C(=O)NCCc2csc(C(=O)O)c2)[C@@H]1c1ccc(Cl)cc1Cl. The van der Waals surface area contributed by atoms with E-state index in [0.29, 0.717) is 41.0 Å². The summed E-state index contributed by atoms with van der Waals surface area (Å²) in [7, 11) is -3.59. The van der Waals surface area contributed by atoms with Gasteiger partial charge in [0.1, 0.15) is 4.88 Å². The van der Waals surface area contributed by atoms with E-state index in [1.807, 2.05) is 0 Å². The molecule has 1 aromatic heterocycles. The Labute approximate surface area is 264 Å². The molecule has 1 aliphatic heterocycles. The maximum absolute atomic E-state index is 14.3. The molecule has 13 heteroatoms. The first kappa shape index (κ1) is 31.5. The van der Waals surface area contributed by atoms with Crippen LogP contribution in [-0.4, -0.2) is 61.1 Å². The molecule has 2 amide bonds. The molecule has 4 atom stereocenters. The third-order valence-electron chi connectivity index (χ3n) is 7.97. The second kappa shape index (κ2) is 13.0. The number of carboxylic acids is 1. The number of amides is 2. The minimum Gasteiger partial charge on any atom is -0.477 e. The molecular weight excluding hydrogens is 633 g/mol. The maximum atomic E-state index is 14.3. The number of aromatic carboxylic acids is 1. The van der Waals surface area contributed by atoms with E-state index in [-0.39, 0.29) is 28.3 Å². The second-order valence-corrected chi connectivity index (χ2v) is 14.4. The number of fused-ring (bicyclic) bond motifs is 1. The van der Waals surface area contributed by atoms with Crippen LogP contribution in [-0.2, 0) is 21.2 Å². The Kier molecular flexibility index (Phi) is 9.48. The average Bonchev–Trinajstić information content (AvgIpc) is 3.42. The number of halogens is 2. The van der Waals surface area contributed by atoms with Crippen molar-refractivity contribution in [1.82, 2.24) is 14.9 Å². The van der Waals surface area contributed by atoms with Crippen LogP contribution < -0.4 is 10.0 Å². The van der Waals surface area contributed by atoms with Crippen molar-refractivity contribution in [3.63, 3.8) is 0 Å². The lowest BCUT2D eigenvalue weighted by Crippen LogP contribution is -2.59. The number of carboxylic acid groups (broad SMARTS) is 1. The highest BCUT2D eigenvalue weighted by molar-refractivity contribution is 7.88. The molecule has 1 saturated carbocycles. The second-order valence-electron chi connectivity index (χ2n) is 10.9. The van der Waals surface area contributed by atoms with Crippen molar-refractivity contribution in [1.29, 1.82) is 0 Å². The number of benzene rings is 2. The van der Waals surface area contributed by atoms with Gasteiger partial charge in [-0.2, -0.15) is 0 Å². The number of thiophene rings is 1. The van der Waals surface area contributed by atoms with Gasteiger partial charge in [-0.05, 0) is 65.6 Å². The van der Waals surface area contributed by atoms with Crippen LogP contribution in [0, 0.1) is 0 Å². The highest BCUT2D eigenvalue weighted by Gasteiger charge is 2.49. The Morgan fingerprint density at radius 1 is 1.07 bits per heavy atom. The summed E-state index contributed by atoms with van der Waals surface area (Å²) >= 11 is 14.1. The van der Waals surface area contributed by atoms with E-state index in [2.05, 4.69) is 10.0 Å². The zero-order chi connectivity index (χ0) is 30.9. The summed E-state index contributed by atoms with van der Waals surface area (Å²) in [6.07, 6.45) is 4.19. The Bertz CT molecular complexity index is 1660. The molecule has 2 aromatic carbocycles. The van der Waals surface area contributed by atoms with Crippen LogP contribution in [0.1, 0.15) is 74.4 Å². The number of sulfonamides is 1. The molecule has 43 heavy (non-hydrogen) atoms. The summed E-state index contributed by atoms with van der Waals surface area (Å²) in [5, 5.41) is 14.7. The summed E-state index contributed by atoms with van der Waals surface area (Å²) in [6, 6.07) is 11.6. The molecule has 1 aliphatic carbocycles. The van der Waals surface area contributed by atoms with E-state index in [0.717, 1.165) is 36.0 Å². The van der Waals surface area contributed by atoms with Crippen LogP contribution in [0.15, 0.2) is 53.9 Å².